The predicted molar refractivity (Wildman–Crippen MR) is 125 cm³/mol. The quantitative estimate of drug-likeness (QED) is 0.311. The van der Waals surface area contributed by atoms with Gasteiger partial charge in [0.15, 0.2) is 5.75 Å². The van der Waals surface area contributed by atoms with Crippen molar-refractivity contribution < 1.29 is 14.5 Å². The highest BCUT2D eigenvalue weighted by Crippen LogP contribution is 2.32. The predicted octanol–water partition coefficient (Wildman–Crippen LogP) is 4.73. The van der Waals surface area contributed by atoms with Gasteiger partial charge in [0, 0.05) is 36.8 Å². The Morgan fingerprint density at radius 3 is 2.66 bits per heavy atom. The van der Waals surface area contributed by atoms with E-state index in [0.717, 1.165) is 19.4 Å². The van der Waals surface area contributed by atoms with E-state index in [-0.39, 0.29) is 23.4 Å². The van der Waals surface area contributed by atoms with Crippen LogP contribution in [0.5, 0.6) is 5.75 Å². The Hall–Kier alpha value is -2.93. The fraction of sp³-hybridized carbons (Fsp3) is 0.480. The molecule has 32 heavy (non-hydrogen) atoms. The summed E-state index contributed by atoms with van der Waals surface area (Å²) < 4.78 is 5.16. The van der Waals surface area contributed by atoms with E-state index in [1.807, 2.05) is 24.3 Å². The van der Waals surface area contributed by atoms with Crippen molar-refractivity contribution in [1.29, 1.82) is 0 Å². The van der Waals surface area contributed by atoms with E-state index in [2.05, 4.69) is 17.1 Å². The van der Waals surface area contributed by atoms with Crippen LogP contribution in [0, 0.1) is 10.1 Å². The number of methoxy groups -OCH3 is 1. The lowest BCUT2D eigenvalue weighted by molar-refractivity contribution is -0.386. The molecule has 7 nitrogen and oxygen atoms in total. The zero-order valence-corrected chi connectivity index (χ0v) is 19.0. The van der Waals surface area contributed by atoms with Crippen LogP contribution < -0.4 is 10.1 Å². The number of nitrogens with one attached hydrogen (secondary N) is 1. The Balaban J connectivity index is 1.52. The molecule has 172 valence electrons. The molecule has 1 fully saturated rings. The van der Waals surface area contributed by atoms with Crippen molar-refractivity contribution in [1.82, 2.24) is 10.2 Å². The molecular weight excluding hydrogens is 406 g/mol. The number of carbonyl (C=O) groups is 1. The standard InChI is InChI=1S/C25H33N3O4/c1-3-4-5-6-8-19-11-13-20(14-12-19)25(29)26-22-15-16-27(18-22)17-21-9-7-10-23(32-2)24(21)28(30)31/h7,9-14,22H,3-6,8,15-18H2,1-2H3,(H,26,29). The molecule has 1 heterocycles. The Labute approximate surface area is 189 Å². The van der Waals surface area contributed by atoms with Crippen molar-refractivity contribution >= 4 is 11.6 Å². The van der Waals surface area contributed by atoms with Crippen LogP contribution in [0.3, 0.4) is 0 Å². The van der Waals surface area contributed by atoms with Gasteiger partial charge in [-0.15, -0.1) is 0 Å². The molecule has 2 aromatic rings. The fourth-order valence-electron chi connectivity index (χ4n) is 4.25. The summed E-state index contributed by atoms with van der Waals surface area (Å²) in [4.78, 5) is 25.9. The number of ether oxygens (including phenoxy) is 1. The Morgan fingerprint density at radius 2 is 1.97 bits per heavy atom. The van der Waals surface area contributed by atoms with Crippen LogP contribution in [0.25, 0.3) is 0 Å². The summed E-state index contributed by atoms with van der Waals surface area (Å²) in [6, 6.07) is 13.0. The number of para-hydroxylation sites is 1. The molecule has 1 unspecified atom stereocenters. The summed E-state index contributed by atoms with van der Waals surface area (Å²) in [6.45, 7) is 4.10. The minimum absolute atomic E-state index is 0.0114. The number of hydrogen-bond acceptors (Lipinski definition) is 5. The van der Waals surface area contributed by atoms with E-state index in [4.69, 9.17) is 4.74 Å². The van der Waals surface area contributed by atoms with Gasteiger partial charge in [-0.05, 0) is 43.0 Å². The van der Waals surface area contributed by atoms with Gasteiger partial charge in [0.25, 0.3) is 5.91 Å². The van der Waals surface area contributed by atoms with Crippen molar-refractivity contribution in [2.75, 3.05) is 20.2 Å². The number of benzene rings is 2. The van der Waals surface area contributed by atoms with E-state index in [9.17, 15) is 14.9 Å². The summed E-state index contributed by atoms with van der Waals surface area (Å²) in [5, 5.41) is 14.6. The highest BCUT2D eigenvalue weighted by Gasteiger charge is 2.27. The normalized spacial score (nSPS) is 16.1. The topological polar surface area (TPSA) is 84.7 Å². The zero-order valence-electron chi connectivity index (χ0n) is 19.0. The summed E-state index contributed by atoms with van der Waals surface area (Å²) in [5.41, 5.74) is 2.57. The van der Waals surface area contributed by atoms with Gasteiger partial charge < -0.3 is 10.1 Å². The van der Waals surface area contributed by atoms with E-state index in [1.54, 1.807) is 18.2 Å². The zero-order chi connectivity index (χ0) is 22.9. The second-order valence-electron chi connectivity index (χ2n) is 8.43. The van der Waals surface area contributed by atoms with Gasteiger partial charge in [-0.25, -0.2) is 0 Å². The van der Waals surface area contributed by atoms with Gasteiger partial charge >= 0.3 is 5.69 Å². The summed E-state index contributed by atoms with van der Waals surface area (Å²) in [7, 11) is 1.44. The van der Waals surface area contributed by atoms with E-state index in [0.29, 0.717) is 24.2 Å². The first-order chi connectivity index (χ1) is 15.5. The largest absolute Gasteiger partial charge is 0.490 e. The van der Waals surface area contributed by atoms with Crippen molar-refractivity contribution in [3.8, 4) is 5.75 Å². The number of nitrogens with zero attached hydrogens (tertiary/aromatic N) is 2. The van der Waals surface area contributed by atoms with Crippen molar-refractivity contribution in [2.24, 2.45) is 0 Å². The van der Waals surface area contributed by atoms with Gasteiger partial charge in [0.2, 0.25) is 0 Å². The summed E-state index contributed by atoms with van der Waals surface area (Å²) in [6.07, 6.45) is 6.80. The molecule has 1 amide bonds. The molecule has 0 radical (unpaired) electrons. The number of unbranched alkanes of at least 4 members (excludes halogenated alkanes) is 3. The molecule has 0 bridgehead atoms. The Kier molecular flexibility index (Phi) is 8.62. The van der Waals surface area contributed by atoms with E-state index in [1.165, 1.54) is 38.4 Å². The van der Waals surface area contributed by atoms with Crippen LogP contribution in [0.2, 0.25) is 0 Å². The van der Waals surface area contributed by atoms with Gasteiger partial charge in [0.05, 0.1) is 12.0 Å². The number of nitro benzene ring substituents is 1. The van der Waals surface area contributed by atoms with Crippen LogP contribution in [0.4, 0.5) is 5.69 Å². The molecule has 1 saturated heterocycles. The van der Waals surface area contributed by atoms with Crippen LogP contribution in [0.1, 0.15) is 60.5 Å². The minimum atomic E-state index is -0.392. The molecule has 1 aliphatic heterocycles. The van der Waals surface area contributed by atoms with E-state index < -0.39 is 4.92 Å². The second kappa shape index (κ2) is 11.6. The summed E-state index contributed by atoms with van der Waals surface area (Å²) in [5.74, 6) is 0.201. The number of aryl methyl sites for hydroxylation is 1. The Morgan fingerprint density at radius 1 is 1.19 bits per heavy atom. The van der Waals surface area contributed by atoms with Crippen molar-refractivity contribution in [3.63, 3.8) is 0 Å². The summed E-state index contributed by atoms with van der Waals surface area (Å²) >= 11 is 0. The second-order valence-corrected chi connectivity index (χ2v) is 8.43. The van der Waals surface area contributed by atoms with Gasteiger partial charge in [-0.1, -0.05) is 50.5 Å². The first kappa shape index (κ1) is 23.7. The van der Waals surface area contributed by atoms with Crippen LogP contribution >= 0.6 is 0 Å². The lowest BCUT2D eigenvalue weighted by Crippen LogP contribution is -2.37. The van der Waals surface area contributed by atoms with Crippen molar-refractivity contribution in [3.05, 3.63) is 69.3 Å². The molecule has 0 spiro atoms. The average Bonchev–Trinajstić information content (AvgIpc) is 3.23. The van der Waals surface area contributed by atoms with Crippen LogP contribution in [0.15, 0.2) is 42.5 Å². The molecular formula is C25H33N3O4. The molecule has 1 atom stereocenters. The maximum atomic E-state index is 12.7. The lowest BCUT2D eigenvalue weighted by Gasteiger charge is -2.17. The molecule has 0 aromatic heterocycles. The lowest BCUT2D eigenvalue weighted by atomic mass is 10.0. The first-order valence-corrected chi connectivity index (χ1v) is 11.4. The van der Waals surface area contributed by atoms with Crippen molar-refractivity contribution in [2.45, 2.75) is 58.0 Å². The van der Waals surface area contributed by atoms with Crippen LogP contribution in [-0.2, 0) is 13.0 Å². The third-order valence-electron chi connectivity index (χ3n) is 6.02. The Bertz CT molecular complexity index is 914. The monoisotopic (exact) mass is 439 g/mol. The molecule has 1 aliphatic rings. The number of rotatable bonds is 11. The minimum Gasteiger partial charge on any atom is -0.490 e. The molecule has 7 heteroatoms. The SMILES string of the molecule is CCCCCCc1ccc(C(=O)NC2CCN(Cc3cccc(OC)c3[N+](=O)[O-])C2)cc1. The van der Waals surface area contributed by atoms with Gasteiger partial charge in [-0.2, -0.15) is 0 Å². The maximum absolute atomic E-state index is 12.7. The molecule has 1 N–H and O–H groups in total. The van der Waals surface area contributed by atoms with Gasteiger partial charge in [-0.3, -0.25) is 19.8 Å². The highest BCUT2D eigenvalue weighted by atomic mass is 16.6. The number of carbonyl (C=O) groups excluding carboxylic acids is 1. The average molecular weight is 440 g/mol. The molecule has 2 aromatic carbocycles. The number of hydrogen-bond donors (Lipinski definition) is 1. The third kappa shape index (κ3) is 6.29. The van der Waals surface area contributed by atoms with Gasteiger partial charge in [0.1, 0.15) is 0 Å². The highest BCUT2D eigenvalue weighted by molar-refractivity contribution is 5.94. The third-order valence-corrected chi connectivity index (χ3v) is 6.02. The molecule has 3 rings (SSSR count). The number of likely N-dealkylation sites (tertiary alicyclic amines) is 1. The fourth-order valence-corrected chi connectivity index (χ4v) is 4.25. The molecule has 0 aliphatic carbocycles. The maximum Gasteiger partial charge on any atom is 0.315 e. The smallest absolute Gasteiger partial charge is 0.315 e. The van der Waals surface area contributed by atoms with E-state index >= 15 is 0 Å². The van der Waals surface area contributed by atoms with Crippen LogP contribution in [-0.4, -0.2) is 42.0 Å². The first-order valence-electron chi connectivity index (χ1n) is 11.4. The molecule has 0 saturated carbocycles. The number of nitro groups is 1. The number of amides is 1.